The molecule has 0 aliphatic heterocycles. The lowest BCUT2D eigenvalue weighted by atomic mass is 10.1. The summed E-state index contributed by atoms with van der Waals surface area (Å²) < 4.78 is 34.1. The van der Waals surface area contributed by atoms with Crippen LogP contribution in [0.5, 0.6) is 11.5 Å². The Bertz CT molecular complexity index is 898. The molecule has 0 radical (unpaired) electrons. The second-order valence-corrected chi connectivity index (χ2v) is 5.77. The van der Waals surface area contributed by atoms with Crippen molar-refractivity contribution in [2.75, 3.05) is 17.7 Å². The number of nitrogens with one attached hydrogen (secondary N) is 2. The summed E-state index contributed by atoms with van der Waals surface area (Å²) in [4.78, 5) is 23.4. The number of hydrogen-bond acceptors (Lipinski definition) is 4. The molecule has 2 rings (SSSR count). The van der Waals surface area contributed by atoms with Crippen molar-refractivity contribution >= 4 is 29.3 Å². The topological polar surface area (TPSA) is 76.7 Å². The number of amides is 2. The van der Waals surface area contributed by atoms with Crippen molar-refractivity contribution in [1.82, 2.24) is 0 Å². The Balaban J connectivity index is 2.11. The Morgan fingerprint density at radius 1 is 1.07 bits per heavy atom. The van der Waals surface area contributed by atoms with Crippen LogP contribution in [0.1, 0.15) is 18.1 Å². The molecule has 0 heterocycles. The van der Waals surface area contributed by atoms with Gasteiger partial charge in [-0.15, -0.1) is 0 Å². The lowest BCUT2D eigenvalue weighted by molar-refractivity contribution is -0.114. The molecule has 2 aromatic carbocycles. The second-order valence-electron chi connectivity index (χ2n) is 5.77. The van der Waals surface area contributed by atoms with E-state index in [1.165, 1.54) is 44.4 Å². The highest BCUT2D eigenvalue weighted by molar-refractivity contribution is 6.03. The van der Waals surface area contributed by atoms with Gasteiger partial charge in [0.1, 0.15) is 0 Å². The quantitative estimate of drug-likeness (QED) is 0.694. The Morgan fingerprint density at radius 3 is 2.36 bits per heavy atom. The van der Waals surface area contributed by atoms with E-state index in [0.717, 1.165) is 5.56 Å². The molecule has 6 nitrogen and oxygen atoms in total. The molecule has 2 amide bonds. The van der Waals surface area contributed by atoms with Crippen LogP contribution in [-0.2, 0) is 9.59 Å². The van der Waals surface area contributed by atoms with E-state index in [1.54, 1.807) is 25.1 Å². The molecular formula is C20H20F2N2O4. The molecular weight excluding hydrogens is 370 g/mol. The van der Waals surface area contributed by atoms with E-state index in [1.807, 2.05) is 0 Å². The molecule has 0 saturated carbocycles. The highest BCUT2D eigenvalue weighted by atomic mass is 19.3. The number of rotatable bonds is 7. The van der Waals surface area contributed by atoms with Crippen LogP contribution in [-0.4, -0.2) is 25.5 Å². The van der Waals surface area contributed by atoms with Crippen molar-refractivity contribution in [3.05, 3.63) is 53.6 Å². The molecule has 0 unspecified atom stereocenters. The van der Waals surface area contributed by atoms with Crippen LogP contribution in [0.15, 0.2) is 42.5 Å². The molecule has 0 fully saturated rings. The average molecular weight is 390 g/mol. The zero-order valence-electron chi connectivity index (χ0n) is 15.6. The molecule has 148 valence electrons. The molecule has 0 atom stereocenters. The SMILES string of the molecule is COc1cc(/C=C/C(=O)Nc2cccc(NC(C)=O)c2C)ccc1OC(F)F. The molecule has 0 saturated heterocycles. The molecule has 2 aromatic rings. The fraction of sp³-hybridized carbons (Fsp3) is 0.200. The summed E-state index contributed by atoms with van der Waals surface area (Å²) in [7, 11) is 1.33. The molecule has 0 bridgehead atoms. The minimum atomic E-state index is -2.96. The van der Waals surface area contributed by atoms with Crippen molar-refractivity contribution in [1.29, 1.82) is 0 Å². The smallest absolute Gasteiger partial charge is 0.387 e. The van der Waals surface area contributed by atoms with Crippen LogP contribution in [0.25, 0.3) is 6.08 Å². The van der Waals surface area contributed by atoms with Crippen LogP contribution in [0.4, 0.5) is 20.2 Å². The number of hydrogen-bond donors (Lipinski definition) is 2. The number of carbonyl (C=O) groups excluding carboxylic acids is 2. The van der Waals surface area contributed by atoms with E-state index >= 15 is 0 Å². The van der Waals surface area contributed by atoms with E-state index in [2.05, 4.69) is 15.4 Å². The number of methoxy groups -OCH3 is 1. The molecule has 0 aromatic heterocycles. The minimum Gasteiger partial charge on any atom is -0.493 e. The molecule has 28 heavy (non-hydrogen) atoms. The lowest BCUT2D eigenvalue weighted by Crippen LogP contribution is -2.12. The summed E-state index contributed by atoms with van der Waals surface area (Å²) in [6.07, 6.45) is 2.81. The summed E-state index contributed by atoms with van der Waals surface area (Å²) in [5, 5.41) is 5.42. The van der Waals surface area contributed by atoms with Gasteiger partial charge in [-0.3, -0.25) is 9.59 Å². The van der Waals surface area contributed by atoms with Gasteiger partial charge >= 0.3 is 6.61 Å². The number of alkyl halides is 2. The first kappa shape index (κ1) is 20.9. The van der Waals surface area contributed by atoms with Gasteiger partial charge < -0.3 is 20.1 Å². The maximum Gasteiger partial charge on any atom is 0.387 e. The number of ether oxygens (including phenoxy) is 2. The van der Waals surface area contributed by atoms with E-state index < -0.39 is 12.5 Å². The average Bonchev–Trinajstić information content (AvgIpc) is 2.63. The predicted octanol–water partition coefficient (Wildman–Crippen LogP) is 4.22. The fourth-order valence-electron chi connectivity index (χ4n) is 2.42. The summed E-state index contributed by atoms with van der Waals surface area (Å²) in [5.41, 5.74) is 2.44. The monoisotopic (exact) mass is 390 g/mol. The zero-order chi connectivity index (χ0) is 20.7. The largest absolute Gasteiger partial charge is 0.493 e. The Morgan fingerprint density at radius 2 is 1.75 bits per heavy atom. The first-order chi connectivity index (χ1) is 13.3. The van der Waals surface area contributed by atoms with Gasteiger partial charge in [0.15, 0.2) is 11.5 Å². The highest BCUT2D eigenvalue weighted by Crippen LogP contribution is 2.30. The van der Waals surface area contributed by atoms with Crippen LogP contribution < -0.4 is 20.1 Å². The zero-order valence-corrected chi connectivity index (χ0v) is 15.6. The number of benzene rings is 2. The molecule has 0 spiro atoms. The van der Waals surface area contributed by atoms with Gasteiger partial charge in [0.2, 0.25) is 11.8 Å². The van der Waals surface area contributed by atoms with Gasteiger partial charge in [0.25, 0.3) is 0 Å². The van der Waals surface area contributed by atoms with E-state index in [0.29, 0.717) is 16.9 Å². The van der Waals surface area contributed by atoms with Crippen LogP contribution in [0.3, 0.4) is 0 Å². The standard InChI is InChI=1S/C20H20F2N2O4/c1-12-15(23-13(2)25)5-4-6-16(12)24-19(26)10-8-14-7-9-17(28-20(21)22)18(11-14)27-3/h4-11,20H,1-3H3,(H,23,25)(H,24,26)/b10-8+. The van der Waals surface area contributed by atoms with Gasteiger partial charge in [-0.05, 0) is 48.4 Å². The fourth-order valence-corrected chi connectivity index (χ4v) is 2.42. The third-order valence-electron chi connectivity index (χ3n) is 3.73. The van der Waals surface area contributed by atoms with E-state index in [-0.39, 0.29) is 17.4 Å². The van der Waals surface area contributed by atoms with Gasteiger partial charge in [0, 0.05) is 24.4 Å². The Kier molecular flexibility index (Phi) is 7.08. The maximum atomic E-state index is 12.4. The van der Waals surface area contributed by atoms with E-state index in [4.69, 9.17) is 4.74 Å². The first-order valence-corrected chi connectivity index (χ1v) is 8.29. The van der Waals surface area contributed by atoms with Crippen LogP contribution in [0, 0.1) is 6.92 Å². The van der Waals surface area contributed by atoms with Gasteiger partial charge in [-0.25, -0.2) is 0 Å². The van der Waals surface area contributed by atoms with Gasteiger partial charge in [-0.2, -0.15) is 8.78 Å². The van der Waals surface area contributed by atoms with Crippen molar-refractivity contribution in [2.45, 2.75) is 20.5 Å². The van der Waals surface area contributed by atoms with Gasteiger partial charge in [-0.1, -0.05) is 12.1 Å². The van der Waals surface area contributed by atoms with Crippen LogP contribution in [0.2, 0.25) is 0 Å². The third-order valence-corrected chi connectivity index (χ3v) is 3.73. The number of anilines is 2. The minimum absolute atomic E-state index is 0.0930. The maximum absolute atomic E-state index is 12.4. The summed E-state index contributed by atoms with van der Waals surface area (Å²) in [6.45, 7) is 0.217. The van der Waals surface area contributed by atoms with Crippen molar-refractivity contribution in [2.24, 2.45) is 0 Å². The van der Waals surface area contributed by atoms with Gasteiger partial charge in [0.05, 0.1) is 7.11 Å². The summed E-state index contributed by atoms with van der Waals surface area (Å²) in [5.74, 6) is -0.569. The first-order valence-electron chi connectivity index (χ1n) is 8.29. The second kappa shape index (κ2) is 9.50. The Labute approximate surface area is 161 Å². The molecule has 8 heteroatoms. The Hall–Kier alpha value is -3.42. The third kappa shape index (κ3) is 5.80. The number of halogens is 2. The number of carbonyl (C=O) groups is 2. The molecule has 0 aliphatic carbocycles. The van der Waals surface area contributed by atoms with Crippen molar-refractivity contribution in [3.8, 4) is 11.5 Å². The summed E-state index contributed by atoms with van der Waals surface area (Å²) in [6, 6.07) is 9.49. The molecule has 2 N–H and O–H groups in total. The van der Waals surface area contributed by atoms with E-state index in [9.17, 15) is 18.4 Å². The summed E-state index contributed by atoms with van der Waals surface area (Å²) >= 11 is 0. The van der Waals surface area contributed by atoms with Crippen molar-refractivity contribution < 1.29 is 27.8 Å². The van der Waals surface area contributed by atoms with Crippen molar-refractivity contribution in [3.63, 3.8) is 0 Å². The van der Waals surface area contributed by atoms with Crippen LogP contribution >= 0.6 is 0 Å². The highest BCUT2D eigenvalue weighted by Gasteiger charge is 2.11. The normalized spacial score (nSPS) is 10.8. The molecule has 0 aliphatic rings. The predicted molar refractivity (Wildman–Crippen MR) is 103 cm³/mol. The lowest BCUT2D eigenvalue weighted by Gasteiger charge is -2.12.